The third-order valence-electron chi connectivity index (χ3n) is 1.11. The van der Waals surface area contributed by atoms with E-state index < -0.39 is 0 Å². The fraction of sp³-hybridized carbons (Fsp3) is 1.00. The summed E-state index contributed by atoms with van der Waals surface area (Å²) in [5, 5.41) is 3.26. The van der Waals surface area contributed by atoms with Crippen molar-refractivity contribution in [3.63, 3.8) is 0 Å². The summed E-state index contributed by atoms with van der Waals surface area (Å²) in [6.07, 6.45) is 0. The van der Waals surface area contributed by atoms with Crippen LogP contribution in [0.4, 0.5) is 0 Å². The molecule has 1 heterocycles. The lowest BCUT2D eigenvalue weighted by Gasteiger charge is -2.19. The molecule has 8 heavy (non-hydrogen) atoms. The van der Waals surface area contributed by atoms with E-state index >= 15 is 0 Å². The average Bonchev–Trinajstić information content (AvgIpc) is 1.69. The molecule has 0 aromatic heterocycles. The third kappa shape index (κ3) is 2.50. The number of morpholine rings is 1. The van der Waals surface area contributed by atoms with Crippen molar-refractivity contribution in [2.45, 2.75) is 13.0 Å². The van der Waals surface area contributed by atoms with Crippen LogP contribution in [-0.4, -0.2) is 25.8 Å². The number of hydrogen-bond acceptors (Lipinski definition) is 2. The Morgan fingerprint density at radius 3 is 2.62 bits per heavy atom. The Hall–Kier alpha value is 0.210. The molecular weight excluding hydrogens is 126 g/mol. The summed E-state index contributed by atoms with van der Waals surface area (Å²) in [7, 11) is 0. The molecule has 0 aromatic rings. The van der Waals surface area contributed by atoms with Crippen LogP contribution in [0, 0.1) is 0 Å². The molecule has 0 bridgehead atoms. The highest BCUT2D eigenvalue weighted by Crippen LogP contribution is 1.88. The van der Waals surface area contributed by atoms with Gasteiger partial charge < -0.3 is 10.1 Å². The van der Waals surface area contributed by atoms with Gasteiger partial charge in [0.05, 0.1) is 13.2 Å². The highest BCUT2D eigenvalue weighted by Gasteiger charge is 2.04. The van der Waals surface area contributed by atoms with Gasteiger partial charge in [-0.2, -0.15) is 0 Å². The van der Waals surface area contributed by atoms with Gasteiger partial charge in [0.1, 0.15) is 0 Å². The van der Waals surface area contributed by atoms with Crippen molar-refractivity contribution in [1.82, 2.24) is 5.32 Å². The van der Waals surface area contributed by atoms with Crippen molar-refractivity contribution < 1.29 is 4.74 Å². The first kappa shape index (κ1) is 8.21. The standard InChI is InChI=1S/C5H11NO.ClH/c1-5-4-7-3-2-6-5;/h5-6H,2-4H2,1H3;1H. The molecule has 0 aliphatic carbocycles. The SMILES string of the molecule is CC1COCCN1.Cl. The second-order valence-corrected chi connectivity index (χ2v) is 1.93. The average molecular weight is 138 g/mol. The highest BCUT2D eigenvalue weighted by molar-refractivity contribution is 5.85. The molecule has 1 fully saturated rings. The molecule has 1 saturated heterocycles. The van der Waals surface area contributed by atoms with E-state index in [9.17, 15) is 0 Å². The molecule has 1 N–H and O–H groups in total. The fourth-order valence-corrected chi connectivity index (χ4v) is 0.697. The molecule has 1 atom stereocenters. The first-order valence-corrected chi connectivity index (χ1v) is 2.71. The second-order valence-electron chi connectivity index (χ2n) is 1.93. The number of nitrogens with one attached hydrogen (secondary N) is 1. The maximum absolute atomic E-state index is 5.12. The first-order valence-electron chi connectivity index (χ1n) is 2.71. The van der Waals surface area contributed by atoms with Crippen LogP contribution in [0.5, 0.6) is 0 Å². The molecule has 0 amide bonds. The van der Waals surface area contributed by atoms with Crippen molar-refractivity contribution in [3.05, 3.63) is 0 Å². The predicted octanol–water partition coefficient (Wildman–Crippen LogP) is 0.416. The van der Waals surface area contributed by atoms with Crippen LogP contribution >= 0.6 is 12.4 Å². The molecule has 1 unspecified atom stereocenters. The Bertz CT molecular complexity index is 54.4. The van der Waals surface area contributed by atoms with Gasteiger partial charge in [0.25, 0.3) is 0 Å². The summed E-state index contributed by atoms with van der Waals surface area (Å²) in [6.45, 7) is 4.89. The lowest BCUT2D eigenvalue weighted by molar-refractivity contribution is 0.0824. The van der Waals surface area contributed by atoms with Gasteiger partial charge >= 0.3 is 0 Å². The molecule has 1 aliphatic heterocycles. The van der Waals surface area contributed by atoms with Gasteiger partial charge in [-0.1, -0.05) is 0 Å². The topological polar surface area (TPSA) is 21.3 Å². The van der Waals surface area contributed by atoms with E-state index in [1.807, 2.05) is 0 Å². The van der Waals surface area contributed by atoms with Gasteiger partial charge in [0.15, 0.2) is 0 Å². The molecule has 3 heteroatoms. The van der Waals surface area contributed by atoms with E-state index in [-0.39, 0.29) is 12.4 Å². The van der Waals surface area contributed by atoms with Crippen LogP contribution in [0.25, 0.3) is 0 Å². The summed E-state index contributed by atoms with van der Waals surface area (Å²) < 4.78 is 5.12. The largest absolute Gasteiger partial charge is 0.379 e. The summed E-state index contributed by atoms with van der Waals surface area (Å²) in [6, 6.07) is 0.564. The Morgan fingerprint density at radius 1 is 1.62 bits per heavy atom. The van der Waals surface area contributed by atoms with E-state index in [2.05, 4.69) is 12.2 Å². The lowest BCUT2D eigenvalue weighted by atomic mass is 10.3. The molecule has 1 rings (SSSR count). The fourth-order valence-electron chi connectivity index (χ4n) is 0.697. The van der Waals surface area contributed by atoms with Crippen molar-refractivity contribution in [2.24, 2.45) is 0 Å². The van der Waals surface area contributed by atoms with E-state index in [0.717, 1.165) is 19.8 Å². The van der Waals surface area contributed by atoms with Gasteiger partial charge in [-0.25, -0.2) is 0 Å². The van der Waals surface area contributed by atoms with Crippen LogP contribution in [0.2, 0.25) is 0 Å². The number of hydrogen-bond donors (Lipinski definition) is 1. The summed E-state index contributed by atoms with van der Waals surface area (Å²) in [5.74, 6) is 0. The molecule has 0 radical (unpaired) electrons. The van der Waals surface area contributed by atoms with Gasteiger partial charge in [-0.15, -0.1) is 12.4 Å². The van der Waals surface area contributed by atoms with Crippen molar-refractivity contribution >= 4 is 12.4 Å². The minimum Gasteiger partial charge on any atom is -0.379 e. The highest BCUT2D eigenvalue weighted by atomic mass is 35.5. The molecule has 1 aliphatic rings. The van der Waals surface area contributed by atoms with Crippen LogP contribution in [-0.2, 0) is 4.74 Å². The maximum Gasteiger partial charge on any atom is 0.0617 e. The van der Waals surface area contributed by atoms with E-state index in [1.165, 1.54) is 0 Å². The van der Waals surface area contributed by atoms with Gasteiger partial charge in [-0.05, 0) is 6.92 Å². The van der Waals surface area contributed by atoms with E-state index in [1.54, 1.807) is 0 Å². The molecule has 50 valence electrons. The number of ether oxygens (including phenoxy) is 1. The maximum atomic E-state index is 5.12. The van der Waals surface area contributed by atoms with E-state index in [4.69, 9.17) is 4.74 Å². The Balaban J connectivity index is 0.000000490. The zero-order valence-electron chi connectivity index (χ0n) is 5.02. The number of rotatable bonds is 0. The normalized spacial score (nSPS) is 28.9. The monoisotopic (exact) mass is 137 g/mol. The minimum absolute atomic E-state index is 0. The summed E-state index contributed by atoms with van der Waals surface area (Å²) in [4.78, 5) is 0. The Kier molecular flexibility index (Phi) is 4.23. The third-order valence-corrected chi connectivity index (χ3v) is 1.11. The Labute approximate surface area is 56.0 Å². The molecule has 2 nitrogen and oxygen atoms in total. The van der Waals surface area contributed by atoms with Crippen molar-refractivity contribution in [1.29, 1.82) is 0 Å². The lowest BCUT2D eigenvalue weighted by Crippen LogP contribution is -2.38. The Morgan fingerprint density at radius 2 is 2.38 bits per heavy atom. The van der Waals surface area contributed by atoms with Crippen LogP contribution in [0.1, 0.15) is 6.92 Å². The zero-order chi connectivity index (χ0) is 5.11. The number of halogens is 1. The van der Waals surface area contributed by atoms with Crippen LogP contribution in [0.3, 0.4) is 0 Å². The smallest absolute Gasteiger partial charge is 0.0617 e. The minimum atomic E-state index is 0. The van der Waals surface area contributed by atoms with Crippen molar-refractivity contribution in [3.8, 4) is 0 Å². The molecular formula is C5H12ClNO. The molecule has 0 spiro atoms. The summed E-state index contributed by atoms with van der Waals surface area (Å²) in [5.41, 5.74) is 0. The van der Waals surface area contributed by atoms with Gasteiger partial charge in [-0.3, -0.25) is 0 Å². The predicted molar refractivity (Wildman–Crippen MR) is 35.5 cm³/mol. The quantitative estimate of drug-likeness (QED) is 0.523. The first-order chi connectivity index (χ1) is 3.39. The van der Waals surface area contributed by atoms with Crippen LogP contribution in [0.15, 0.2) is 0 Å². The second kappa shape index (κ2) is 4.13. The van der Waals surface area contributed by atoms with E-state index in [0.29, 0.717) is 6.04 Å². The molecule has 0 aromatic carbocycles. The van der Waals surface area contributed by atoms with Gasteiger partial charge in [0, 0.05) is 12.6 Å². The van der Waals surface area contributed by atoms with Crippen molar-refractivity contribution in [2.75, 3.05) is 19.8 Å². The van der Waals surface area contributed by atoms with Gasteiger partial charge in [0.2, 0.25) is 0 Å². The van der Waals surface area contributed by atoms with Crippen LogP contribution < -0.4 is 5.32 Å². The summed E-state index contributed by atoms with van der Waals surface area (Å²) >= 11 is 0. The molecule has 0 saturated carbocycles. The zero-order valence-corrected chi connectivity index (χ0v) is 5.83.